The second-order valence-corrected chi connectivity index (χ2v) is 8.30. The summed E-state index contributed by atoms with van der Waals surface area (Å²) in [6.07, 6.45) is 5.69. The predicted molar refractivity (Wildman–Crippen MR) is 121 cm³/mol. The molecule has 0 spiro atoms. The molecule has 0 saturated heterocycles. The van der Waals surface area contributed by atoms with Crippen molar-refractivity contribution in [2.75, 3.05) is 11.9 Å². The van der Waals surface area contributed by atoms with Crippen LogP contribution in [0.4, 0.5) is 14.5 Å². The van der Waals surface area contributed by atoms with Crippen molar-refractivity contribution >= 4 is 23.2 Å². The lowest BCUT2D eigenvalue weighted by Gasteiger charge is -2.34. The Labute approximate surface area is 199 Å². The molecule has 0 saturated carbocycles. The van der Waals surface area contributed by atoms with Gasteiger partial charge in [-0.1, -0.05) is 17.7 Å². The number of carbonyl (C=O) groups excluding carboxylic acids is 1. The van der Waals surface area contributed by atoms with Crippen molar-refractivity contribution in [2.24, 2.45) is 0 Å². The number of benzene rings is 2. The second-order valence-electron chi connectivity index (χ2n) is 7.87. The lowest BCUT2D eigenvalue weighted by Crippen LogP contribution is -2.40. The van der Waals surface area contributed by atoms with Crippen LogP contribution >= 0.6 is 11.6 Å². The van der Waals surface area contributed by atoms with Gasteiger partial charge in [0.1, 0.15) is 29.9 Å². The van der Waals surface area contributed by atoms with Gasteiger partial charge >= 0.3 is 0 Å². The molecule has 176 valence electrons. The average Bonchev–Trinajstić information content (AvgIpc) is 3.50. The van der Waals surface area contributed by atoms with Crippen LogP contribution in [-0.4, -0.2) is 42.6 Å². The quantitative estimate of drug-likeness (QED) is 0.429. The number of aromatic nitrogens is 5. The minimum Gasteiger partial charge on any atom is -0.381 e. The van der Waals surface area contributed by atoms with Gasteiger partial charge in [0.2, 0.25) is 0 Å². The normalized spacial score (nSPS) is 13.9. The number of anilines is 1. The van der Waals surface area contributed by atoms with Crippen LogP contribution < -0.4 is 4.90 Å². The maximum Gasteiger partial charge on any atom is 0.258 e. The van der Waals surface area contributed by atoms with Gasteiger partial charge in [0, 0.05) is 35.5 Å². The number of amides is 1. The first-order chi connectivity index (χ1) is 16.2. The molecule has 0 bridgehead atoms. The molecule has 0 aliphatic heterocycles. The van der Waals surface area contributed by atoms with Crippen LogP contribution in [0, 0.1) is 11.6 Å². The molecule has 2 aromatic heterocycles. The van der Waals surface area contributed by atoms with Gasteiger partial charge in [-0.25, -0.2) is 18.4 Å². The summed E-state index contributed by atoms with van der Waals surface area (Å²) in [5, 5.41) is 20.5. The molecule has 4 rings (SSSR count). The maximum atomic E-state index is 14.8. The molecule has 0 radical (unpaired) electrons. The van der Waals surface area contributed by atoms with Crippen molar-refractivity contribution in [2.45, 2.75) is 25.1 Å². The standard InChI is InChI=1S/C23H21ClF2N6O2/c1-15(23(34,12-31-14-27-13-29-31)20-8-7-18(25)9-21(20)26)32-11-19(10-28-32)30(2)22(33)16-3-5-17(24)6-4-16/h3-11,13-15,34H,12H2,1-2H3/t15-,23-/m1/s1. The molecule has 2 atom stereocenters. The first kappa shape index (κ1) is 23.5. The Morgan fingerprint density at radius 3 is 2.59 bits per heavy atom. The van der Waals surface area contributed by atoms with E-state index in [1.54, 1.807) is 44.4 Å². The Kier molecular flexibility index (Phi) is 6.45. The largest absolute Gasteiger partial charge is 0.381 e. The average molecular weight is 487 g/mol. The van der Waals surface area contributed by atoms with Crippen LogP contribution in [0.1, 0.15) is 28.9 Å². The van der Waals surface area contributed by atoms with Gasteiger partial charge in [-0.3, -0.25) is 9.48 Å². The third-order valence-electron chi connectivity index (χ3n) is 5.73. The third-order valence-corrected chi connectivity index (χ3v) is 5.98. The number of carbonyl (C=O) groups is 1. The van der Waals surface area contributed by atoms with Crippen molar-refractivity contribution in [1.82, 2.24) is 24.5 Å². The highest BCUT2D eigenvalue weighted by atomic mass is 35.5. The maximum absolute atomic E-state index is 14.8. The minimum absolute atomic E-state index is 0.125. The van der Waals surface area contributed by atoms with Crippen LogP contribution in [0.5, 0.6) is 0 Å². The lowest BCUT2D eigenvalue weighted by molar-refractivity contribution is -0.0368. The molecule has 4 aromatic rings. The molecular formula is C23H21ClF2N6O2. The zero-order valence-corrected chi connectivity index (χ0v) is 19.1. The minimum atomic E-state index is -1.88. The summed E-state index contributed by atoms with van der Waals surface area (Å²) in [6, 6.07) is 8.60. The molecule has 1 N–H and O–H groups in total. The summed E-state index contributed by atoms with van der Waals surface area (Å²) < 4.78 is 31.1. The van der Waals surface area contributed by atoms with Crippen molar-refractivity contribution in [3.63, 3.8) is 0 Å². The van der Waals surface area contributed by atoms with E-state index in [1.807, 2.05) is 0 Å². The SMILES string of the molecule is C[C@@H](n1cc(N(C)C(=O)c2ccc(Cl)cc2)cn1)[C@](O)(Cn1cncn1)c1ccc(F)cc1F. The van der Waals surface area contributed by atoms with E-state index in [9.17, 15) is 18.7 Å². The summed E-state index contributed by atoms with van der Waals surface area (Å²) in [5.41, 5.74) is -1.12. The van der Waals surface area contributed by atoms with E-state index in [4.69, 9.17) is 11.6 Å². The van der Waals surface area contributed by atoms with Crippen molar-refractivity contribution in [3.05, 3.63) is 95.3 Å². The van der Waals surface area contributed by atoms with Crippen molar-refractivity contribution < 1.29 is 18.7 Å². The van der Waals surface area contributed by atoms with E-state index >= 15 is 0 Å². The van der Waals surface area contributed by atoms with Crippen LogP contribution in [0.25, 0.3) is 0 Å². The van der Waals surface area contributed by atoms with E-state index in [0.717, 1.165) is 6.07 Å². The number of hydrogen-bond donors (Lipinski definition) is 1. The second kappa shape index (κ2) is 9.32. The Hall–Kier alpha value is -3.63. The fourth-order valence-electron chi connectivity index (χ4n) is 3.68. The number of rotatable bonds is 7. The van der Waals surface area contributed by atoms with Gasteiger partial charge in [-0.2, -0.15) is 10.2 Å². The summed E-state index contributed by atoms with van der Waals surface area (Å²) in [4.78, 5) is 18.1. The first-order valence-electron chi connectivity index (χ1n) is 10.3. The molecular weight excluding hydrogens is 466 g/mol. The summed E-state index contributed by atoms with van der Waals surface area (Å²) in [5.74, 6) is -1.95. The van der Waals surface area contributed by atoms with Gasteiger partial charge in [0.05, 0.1) is 24.5 Å². The Morgan fingerprint density at radius 2 is 1.94 bits per heavy atom. The summed E-state index contributed by atoms with van der Waals surface area (Å²) >= 11 is 5.90. The van der Waals surface area contributed by atoms with Crippen LogP contribution in [0.2, 0.25) is 5.02 Å². The van der Waals surface area contributed by atoms with Crippen LogP contribution in [0.3, 0.4) is 0 Å². The highest BCUT2D eigenvalue weighted by molar-refractivity contribution is 6.30. The Balaban J connectivity index is 1.66. The molecule has 0 aliphatic rings. The summed E-state index contributed by atoms with van der Waals surface area (Å²) in [7, 11) is 1.59. The molecule has 2 aromatic carbocycles. The topological polar surface area (TPSA) is 89.1 Å². The van der Waals surface area contributed by atoms with Gasteiger partial charge in [-0.15, -0.1) is 0 Å². The van der Waals surface area contributed by atoms with Crippen LogP contribution in [0.15, 0.2) is 67.5 Å². The Morgan fingerprint density at radius 1 is 1.21 bits per heavy atom. The molecule has 1 amide bonds. The molecule has 0 unspecified atom stereocenters. The zero-order valence-electron chi connectivity index (χ0n) is 18.3. The molecule has 0 fully saturated rings. The molecule has 2 heterocycles. The van der Waals surface area contributed by atoms with Crippen molar-refractivity contribution in [1.29, 1.82) is 0 Å². The van der Waals surface area contributed by atoms with Crippen molar-refractivity contribution in [3.8, 4) is 0 Å². The fraction of sp³-hybridized carbons (Fsp3) is 0.217. The fourth-order valence-corrected chi connectivity index (χ4v) is 3.81. The molecule has 0 aliphatic carbocycles. The van der Waals surface area contributed by atoms with E-state index in [2.05, 4.69) is 15.2 Å². The number of halogens is 3. The van der Waals surface area contributed by atoms with Gasteiger partial charge in [-0.05, 0) is 37.3 Å². The smallest absolute Gasteiger partial charge is 0.258 e. The van der Waals surface area contributed by atoms with Gasteiger partial charge < -0.3 is 10.0 Å². The summed E-state index contributed by atoms with van der Waals surface area (Å²) in [6.45, 7) is 1.46. The Bertz CT molecular complexity index is 1300. The third kappa shape index (κ3) is 4.55. The molecule has 11 heteroatoms. The van der Waals surface area contributed by atoms with Gasteiger partial charge in [0.25, 0.3) is 5.91 Å². The van der Waals surface area contributed by atoms with Crippen LogP contribution in [-0.2, 0) is 12.1 Å². The highest BCUT2D eigenvalue weighted by Gasteiger charge is 2.41. The zero-order chi connectivity index (χ0) is 24.5. The highest BCUT2D eigenvalue weighted by Crippen LogP contribution is 2.37. The number of aliphatic hydroxyl groups is 1. The molecule has 34 heavy (non-hydrogen) atoms. The van der Waals surface area contributed by atoms with E-state index in [-0.39, 0.29) is 18.0 Å². The molecule has 8 nitrogen and oxygen atoms in total. The lowest BCUT2D eigenvalue weighted by atomic mass is 9.86. The predicted octanol–water partition coefficient (Wildman–Crippen LogP) is 3.83. The van der Waals surface area contributed by atoms with E-state index < -0.39 is 23.3 Å². The number of nitrogens with zero attached hydrogens (tertiary/aromatic N) is 6. The van der Waals surface area contributed by atoms with E-state index in [1.165, 1.54) is 39.2 Å². The van der Waals surface area contributed by atoms with Gasteiger partial charge in [0.15, 0.2) is 0 Å². The monoisotopic (exact) mass is 486 g/mol. The number of hydrogen-bond acceptors (Lipinski definition) is 5. The van der Waals surface area contributed by atoms with E-state index in [0.29, 0.717) is 22.3 Å². The first-order valence-corrected chi connectivity index (χ1v) is 10.6.